The number of hydrogen-bond acceptors (Lipinski definition) is 2. The van der Waals surface area contributed by atoms with Gasteiger partial charge in [-0.25, -0.2) is 0 Å². The van der Waals surface area contributed by atoms with E-state index in [1.807, 2.05) is 0 Å². The number of nitrogens with zero attached hydrogens (tertiary/aromatic N) is 1. The van der Waals surface area contributed by atoms with E-state index in [1.165, 1.54) is 45.3 Å². The second-order valence-corrected chi connectivity index (χ2v) is 6.83. The van der Waals surface area contributed by atoms with E-state index in [2.05, 4.69) is 38.0 Å². The Morgan fingerprint density at radius 2 is 1.76 bits per heavy atom. The SMILES string of the molecule is CC(NCC1(C(C)C)CC1)C1CCN(C)CC1. The fourth-order valence-electron chi connectivity index (χ4n) is 3.18. The first-order valence-corrected chi connectivity index (χ1v) is 7.45. The highest BCUT2D eigenvalue weighted by atomic mass is 15.1. The summed E-state index contributed by atoms with van der Waals surface area (Å²) in [7, 11) is 2.24. The molecule has 1 aliphatic heterocycles. The van der Waals surface area contributed by atoms with Crippen LogP contribution in [0, 0.1) is 17.3 Å². The molecule has 0 spiro atoms. The molecular weight excluding hydrogens is 208 g/mol. The van der Waals surface area contributed by atoms with Gasteiger partial charge in [-0.15, -0.1) is 0 Å². The molecule has 1 heterocycles. The molecule has 2 aliphatic rings. The van der Waals surface area contributed by atoms with Crippen molar-refractivity contribution in [1.29, 1.82) is 0 Å². The average molecular weight is 238 g/mol. The van der Waals surface area contributed by atoms with E-state index in [9.17, 15) is 0 Å². The van der Waals surface area contributed by atoms with Crippen LogP contribution in [0.15, 0.2) is 0 Å². The van der Waals surface area contributed by atoms with Crippen LogP contribution in [0.1, 0.15) is 46.5 Å². The third-order valence-corrected chi connectivity index (χ3v) is 5.36. The van der Waals surface area contributed by atoms with Gasteiger partial charge in [-0.2, -0.15) is 0 Å². The molecule has 100 valence electrons. The zero-order chi connectivity index (χ0) is 12.5. The largest absolute Gasteiger partial charge is 0.313 e. The van der Waals surface area contributed by atoms with Crippen molar-refractivity contribution in [3.63, 3.8) is 0 Å². The van der Waals surface area contributed by atoms with Gasteiger partial charge in [-0.1, -0.05) is 13.8 Å². The van der Waals surface area contributed by atoms with Crippen molar-refractivity contribution in [1.82, 2.24) is 10.2 Å². The molecule has 1 atom stereocenters. The lowest BCUT2D eigenvalue weighted by atomic mass is 9.88. The summed E-state index contributed by atoms with van der Waals surface area (Å²) in [4.78, 5) is 2.46. The minimum Gasteiger partial charge on any atom is -0.313 e. The fraction of sp³-hybridized carbons (Fsp3) is 1.00. The Bertz CT molecular complexity index is 237. The van der Waals surface area contributed by atoms with Crippen molar-refractivity contribution in [3.05, 3.63) is 0 Å². The topological polar surface area (TPSA) is 15.3 Å². The average Bonchev–Trinajstić information content (AvgIpc) is 3.08. The molecule has 2 nitrogen and oxygen atoms in total. The second kappa shape index (κ2) is 5.27. The first-order valence-electron chi connectivity index (χ1n) is 7.45. The van der Waals surface area contributed by atoms with Gasteiger partial charge in [0, 0.05) is 12.6 Å². The minimum atomic E-state index is 0.652. The lowest BCUT2D eigenvalue weighted by Gasteiger charge is -2.34. The zero-order valence-electron chi connectivity index (χ0n) is 12.1. The predicted octanol–water partition coefficient (Wildman–Crippen LogP) is 2.74. The van der Waals surface area contributed by atoms with E-state index in [4.69, 9.17) is 0 Å². The zero-order valence-corrected chi connectivity index (χ0v) is 12.1. The van der Waals surface area contributed by atoms with E-state index in [1.54, 1.807) is 0 Å². The van der Waals surface area contributed by atoms with Crippen LogP contribution in [0.3, 0.4) is 0 Å². The summed E-state index contributed by atoms with van der Waals surface area (Å²) in [5.41, 5.74) is 0.652. The van der Waals surface area contributed by atoms with Crippen molar-refractivity contribution in [3.8, 4) is 0 Å². The third-order valence-electron chi connectivity index (χ3n) is 5.36. The summed E-state index contributed by atoms with van der Waals surface area (Å²) in [6, 6.07) is 0.708. The highest BCUT2D eigenvalue weighted by Crippen LogP contribution is 2.51. The monoisotopic (exact) mass is 238 g/mol. The van der Waals surface area contributed by atoms with Crippen molar-refractivity contribution in [2.75, 3.05) is 26.7 Å². The van der Waals surface area contributed by atoms with Gasteiger partial charge in [-0.05, 0) is 70.0 Å². The Labute approximate surface area is 107 Å². The van der Waals surface area contributed by atoms with Gasteiger partial charge in [0.1, 0.15) is 0 Å². The van der Waals surface area contributed by atoms with E-state index < -0.39 is 0 Å². The molecule has 2 rings (SSSR count). The first-order chi connectivity index (χ1) is 8.03. The Balaban J connectivity index is 1.72. The van der Waals surface area contributed by atoms with E-state index in [-0.39, 0.29) is 0 Å². The van der Waals surface area contributed by atoms with Gasteiger partial charge in [-0.3, -0.25) is 0 Å². The fourth-order valence-corrected chi connectivity index (χ4v) is 3.18. The van der Waals surface area contributed by atoms with Gasteiger partial charge in [0.2, 0.25) is 0 Å². The van der Waals surface area contributed by atoms with Crippen LogP contribution in [0.25, 0.3) is 0 Å². The molecule has 0 radical (unpaired) electrons. The van der Waals surface area contributed by atoms with Crippen LogP contribution in [-0.2, 0) is 0 Å². The summed E-state index contributed by atoms with van der Waals surface area (Å²) in [5, 5.41) is 3.83. The number of nitrogens with one attached hydrogen (secondary N) is 1. The lowest BCUT2D eigenvalue weighted by Crippen LogP contribution is -2.43. The Hall–Kier alpha value is -0.0800. The quantitative estimate of drug-likeness (QED) is 0.792. The molecule has 0 amide bonds. The highest BCUT2D eigenvalue weighted by Gasteiger charge is 2.45. The Kier molecular flexibility index (Phi) is 4.14. The Morgan fingerprint density at radius 3 is 2.24 bits per heavy atom. The maximum atomic E-state index is 3.83. The van der Waals surface area contributed by atoms with Crippen LogP contribution in [0.2, 0.25) is 0 Å². The van der Waals surface area contributed by atoms with Gasteiger partial charge in [0.05, 0.1) is 0 Å². The van der Waals surface area contributed by atoms with Crippen molar-refractivity contribution in [2.24, 2.45) is 17.3 Å². The number of piperidine rings is 1. The van der Waals surface area contributed by atoms with Crippen molar-refractivity contribution >= 4 is 0 Å². The molecule has 17 heavy (non-hydrogen) atoms. The smallest absolute Gasteiger partial charge is 0.00681 e. The second-order valence-electron chi connectivity index (χ2n) is 6.83. The predicted molar refractivity (Wildman–Crippen MR) is 74.2 cm³/mol. The standard InChI is InChI=1S/C15H30N2/c1-12(2)15(7-8-15)11-16-13(3)14-5-9-17(4)10-6-14/h12-14,16H,5-11H2,1-4H3. The van der Waals surface area contributed by atoms with Crippen LogP contribution >= 0.6 is 0 Å². The van der Waals surface area contributed by atoms with Crippen LogP contribution in [0.5, 0.6) is 0 Å². The maximum Gasteiger partial charge on any atom is 0.00681 e. The molecule has 1 saturated heterocycles. The normalized spacial score (nSPS) is 27.4. The maximum absolute atomic E-state index is 3.83. The molecule has 1 aliphatic carbocycles. The van der Waals surface area contributed by atoms with Gasteiger partial charge < -0.3 is 10.2 Å². The molecule has 1 N–H and O–H groups in total. The molecule has 0 bridgehead atoms. The highest BCUT2D eigenvalue weighted by molar-refractivity contribution is 4.97. The molecule has 0 aromatic carbocycles. The molecule has 2 fully saturated rings. The first kappa shape index (κ1) is 13.4. The number of rotatable bonds is 5. The lowest BCUT2D eigenvalue weighted by molar-refractivity contribution is 0.183. The molecule has 1 saturated carbocycles. The van der Waals surface area contributed by atoms with Gasteiger partial charge in [0.25, 0.3) is 0 Å². The molecule has 0 aromatic rings. The minimum absolute atomic E-state index is 0.652. The summed E-state index contributed by atoms with van der Waals surface area (Å²) in [6.07, 6.45) is 5.63. The third kappa shape index (κ3) is 3.23. The Morgan fingerprint density at radius 1 is 1.18 bits per heavy atom. The number of likely N-dealkylation sites (tertiary alicyclic amines) is 1. The summed E-state index contributed by atoms with van der Waals surface area (Å²) < 4.78 is 0. The van der Waals surface area contributed by atoms with Gasteiger partial charge >= 0.3 is 0 Å². The van der Waals surface area contributed by atoms with E-state index >= 15 is 0 Å². The molecule has 2 heteroatoms. The summed E-state index contributed by atoms with van der Waals surface area (Å²) >= 11 is 0. The molecule has 1 unspecified atom stereocenters. The van der Waals surface area contributed by atoms with Crippen molar-refractivity contribution < 1.29 is 0 Å². The van der Waals surface area contributed by atoms with Crippen molar-refractivity contribution in [2.45, 2.75) is 52.5 Å². The van der Waals surface area contributed by atoms with Crippen LogP contribution in [0.4, 0.5) is 0 Å². The van der Waals surface area contributed by atoms with E-state index in [0.29, 0.717) is 11.5 Å². The molecular formula is C15H30N2. The summed E-state index contributed by atoms with van der Waals surface area (Å²) in [5.74, 6) is 1.74. The van der Waals surface area contributed by atoms with Gasteiger partial charge in [0.15, 0.2) is 0 Å². The molecule has 0 aromatic heterocycles. The number of hydrogen-bond donors (Lipinski definition) is 1. The van der Waals surface area contributed by atoms with Crippen LogP contribution < -0.4 is 5.32 Å². The summed E-state index contributed by atoms with van der Waals surface area (Å²) in [6.45, 7) is 11.0. The van der Waals surface area contributed by atoms with E-state index in [0.717, 1.165) is 11.8 Å². The van der Waals surface area contributed by atoms with Crippen LogP contribution in [-0.4, -0.2) is 37.6 Å².